The minimum absolute atomic E-state index is 1.20. The van der Waals surface area contributed by atoms with Crippen molar-refractivity contribution in [1.29, 1.82) is 0 Å². The van der Waals surface area contributed by atoms with Gasteiger partial charge in [-0.15, -0.1) is 0 Å². The van der Waals surface area contributed by atoms with Gasteiger partial charge in [-0.25, -0.2) is 9.13 Å². The maximum atomic E-state index is 2.59. The summed E-state index contributed by atoms with van der Waals surface area (Å²) in [6, 6.07) is 0. The van der Waals surface area contributed by atoms with Gasteiger partial charge in [0.05, 0.1) is 13.1 Å². The molecule has 0 spiro atoms. The third kappa shape index (κ3) is 18.2. The van der Waals surface area contributed by atoms with E-state index in [9.17, 15) is 0 Å². The number of aromatic nitrogens is 2. The number of rotatable bonds is 27. The SMILES string of the molecule is CCCCCCCCCCCCCCCc1n(CCCC)cc[n+]1CCCCCCCCCCC. The Bertz CT molecular complexity index is 547. The number of aryl methyl sites for hydroxylation is 2. The maximum absolute atomic E-state index is 2.59. The molecule has 0 aliphatic heterocycles. The molecule has 1 heterocycles. The molecule has 0 radical (unpaired) electrons. The molecule has 1 aromatic rings. The normalized spacial score (nSPS) is 11.5. The lowest BCUT2D eigenvalue weighted by Gasteiger charge is -2.06. The second-order valence-electron chi connectivity index (χ2n) is 11.3. The molecule has 1 rings (SSSR count). The minimum Gasteiger partial charge on any atom is -0.234 e. The smallest absolute Gasteiger partial charge is 0.234 e. The zero-order valence-electron chi connectivity index (χ0n) is 24.6. The van der Waals surface area contributed by atoms with E-state index in [0.29, 0.717) is 0 Å². The zero-order valence-corrected chi connectivity index (χ0v) is 24.6. The van der Waals surface area contributed by atoms with E-state index in [1.807, 2.05) is 0 Å². The van der Waals surface area contributed by atoms with Gasteiger partial charge in [-0.05, 0) is 25.7 Å². The van der Waals surface area contributed by atoms with E-state index in [2.05, 4.69) is 42.3 Å². The Morgan fingerprint density at radius 2 is 0.886 bits per heavy atom. The lowest BCUT2D eigenvalue weighted by molar-refractivity contribution is -0.704. The summed E-state index contributed by atoms with van der Waals surface area (Å²) in [5, 5.41) is 0. The van der Waals surface area contributed by atoms with Crippen LogP contribution >= 0.6 is 0 Å². The molecule has 0 amide bonds. The van der Waals surface area contributed by atoms with E-state index in [0.717, 1.165) is 0 Å². The molecule has 0 N–H and O–H groups in total. The van der Waals surface area contributed by atoms with Gasteiger partial charge in [0.2, 0.25) is 0 Å². The first-order valence-corrected chi connectivity index (χ1v) is 16.4. The first kappa shape index (κ1) is 32.2. The molecule has 0 saturated heterocycles. The number of hydrogen-bond donors (Lipinski definition) is 0. The molecule has 0 unspecified atom stereocenters. The van der Waals surface area contributed by atoms with E-state index < -0.39 is 0 Å². The van der Waals surface area contributed by atoms with E-state index in [-0.39, 0.29) is 0 Å². The van der Waals surface area contributed by atoms with Crippen LogP contribution in [0.2, 0.25) is 0 Å². The van der Waals surface area contributed by atoms with Gasteiger partial charge in [0.25, 0.3) is 5.82 Å². The first-order valence-electron chi connectivity index (χ1n) is 16.4. The zero-order chi connectivity index (χ0) is 25.2. The third-order valence-electron chi connectivity index (χ3n) is 7.85. The summed E-state index contributed by atoms with van der Waals surface area (Å²) in [5.74, 6) is 1.60. The van der Waals surface area contributed by atoms with Crippen LogP contribution < -0.4 is 4.57 Å². The summed E-state index contributed by atoms with van der Waals surface area (Å²) in [6.45, 7) is 9.35. The van der Waals surface area contributed by atoms with Gasteiger partial charge in [-0.3, -0.25) is 0 Å². The number of nitrogens with zero attached hydrogens (tertiary/aromatic N) is 2. The van der Waals surface area contributed by atoms with Crippen LogP contribution in [-0.2, 0) is 19.5 Å². The largest absolute Gasteiger partial charge is 0.256 e. The Kier molecular flexibility index (Phi) is 22.9. The van der Waals surface area contributed by atoms with Crippen LogP contribution in [0.15, 0.2) is 12.4 Å². The van der Waals surface area contributed by atoms with Gasteiger partial charge in [0.15, 0.2) is 0 Å². The predicted octanol–water partition coefficient (Wildman–Crippen LogP) is 10.7. The highest BCUT2D eigenvalue weighted by molar-refractivity contribution is 4.84. The van der Waals surface area contributed by atoms with Gasteiger partial charge < -0.3 is 0 Å². The fraction of sp³-hybridized carbons (Fsp3) is 0.909. The number of unbranched alkanes of at least 4 members (excludes halogenated alkanes) is 21. The second kappa shape index (κ2) is 24.9. The van der Waals surface area contributed by atoms with Crippen molar-refractivity contribution in [2.24, 2.45) is 0 Å². The van der Waals surface area contributed by atoms with E-state index >= 15 is 0 Å². The fourth-order valence-electron chi connectivity index (χ4n) is 5.41. The highest BCUT2D eigenvalue weighted by atomic mass is 15.1. The van der Waals surface area contributed by atoms with Gasteiger partial charge >= 0.3 is 0 Å². The summed E-state index contributed by atoms with van der Waals surface area (Å²) in [7, 11) is 0. The van der Waals surface area contributed by atoms with E-state index in [1.54, 1.807) is 5.82 Å². The van der Waals surface area contributed by atoms with Gasteiger partial charge in [-0.1, -0.05) is 149 Å². The van der Waals surface area contributed by atoms with Crippen LogP contribution in [0, 0.1) is 0 Å². The van der Waals surface area contributed by atoms with Gasteiger partial charge in [0, 0.05) is 6.42 Å². The third-order valence-corrected chi connectivity index (χ3v) is 7.85. The van der Waals surface area contributed by atoms with Crippen molar-refractivity contribution in [1.82, 2.24) is 4.57 Å². The first-order chi connectivity index (χ1) is 17.3. The summed E-state index contributed by atoms with van der Waals surface area (Å²) in [5.41, 5.74) is 0. The second-order valence-corrected chi connectivity index (χ2v) is 11.3. The van der Waals surface area contributed by atoms with Crippen LogP contribution in [0.1, 0.15) is 181 Å². The molecule has 0 aliphatic rings. The fourth-order valence-corrected chi connectivity index (χ4v) is 5.41. The van der Waals surface area contributed by atoms with Crippen LogP contribution in [0.4, 0.5) is 0 Å². The highest BCUT2D eigenvalue weighted by Gasteiger charge is 2.16. The molecule has 0 aromatic carbocycles. The topological polar surface area (TPSA) is 8.81 Å². The molecule has 206 valence electrons. The average Bonchev–Trinajstić information content (AvgIpc) is 3.25. The Labute approximate surface area is 221 Å². The van der Waals surface area contributed by atoms with Crippen LogP contribution in [-0.4, -0.2) is 4.57 Å². The Hall–Kier alpha value is -0.790. The van der Waals surface area contributed by atoms with Crippen molar-refractivity contribution >= 4 is 0 Å². The van der Waals surface area contributed by atoms with Crippen LogP contribution in [0.3, 0.4) is 0 Å². The lowest BCUT2D eigenvalue weighted by Crippen LogP contribution is -2.37. The van der Waals surface area contributed by atoms with Crippen molar-refractivity contribution in [2.45, 2.75) is 194 Å². The maximum Gasteiger partial charge on any atom is 0.256 e. The summed E-state index contributed by atoms with van der Waals surface area (Å²) in [4.78, 5) is 0. The molecule has 0 atom stereocenters. The monoisotopic (exact) mass is 490 g/mol. The summed E-state index contributed by atoms with van der Waals surface area (Å²) >= 11 is 0. The minimum atomic E-state index is 1.20. The molecule has 0 bridgehead atoms. The Balaban J connectivity index is 2.16. The van der Waals surface area contributed by atoms with E-state index in [1.165, 1.54) is 174 Å². The number of imidazole rings is 1. The Morgan fingerprint density at radius 3 is 1.34 bits per heavy atom. The number of hydrogen-bond acceptors (Lipinski definition) is 0. The van der Waals surface area contributed by atoms with E-state index in [4.69, 9.17) is 0 Å². The van der Waals surface area contributed by atoms with Crippen molar-refractivity contribution in [3.63, 3.8) is 0 Å². The molecular formula is C33H65N2+. The summed E-state index contributed by atoms with van der Waals surface area (Å²) in [6.07, 6.45) is 40.1. The molecule has 2 heteroatoms. The van der Waals surface area contributed by atoms with Gasteiger partial charge in [0.1, 0.15) is 12.4 Å². The average molecular weight is 490 g/mol. The van der Waals surface area contributed by atoms with Crippen molar-refractivity contribution in [3.8, 4) is 0 Å². The van der Waals surface area contributed by atoms with Crippen molar-refractivity contribution < 1.29 is 4.57 Å². The molecule has 0 saturated carbocycles. The predicted molar refractivity (Wildman–Crippen MR) is 156 cm³/mol. The Morgan fingerprint density at radius 1 is 0.486 bits per heavy atom. The quantitative estimate of drug-likeness (QED) is 0.0858. The van der Waals surface area contributed by atoms with Crippen LogP contribution in [0.25, 0.3) is 0 Å². The molecule has 35 heavy (non-hydrogen) atoms. The molecule has 0 fully saturated rings. The van der Waals surface area contributed by atoms with Crippen molar-refractivity contribution in [3.05, 3.63) is 18.2 Å². The summed E-state index contributed by atoms with van der Waals surface area (Å²) < 4.78 is 5.16. The van der Waals surface area contributed by atoms with Gasteiger partial charge in [-0.2, -0.15) is 0 Å². The molecule has 1 aromatic heterocycles. The standard InChI is InChI=1S/C33H65N2/c1-4-7-10-12-14-16-17-18-19-20-22-24-26-28-33-34(29-9-6-3)31-32-35(33)30-27-25-23-21-15-13-11-8-5-2/h31-32H,4-30H2,1-3H3/q+1. The molecular weight excluding hydrogens is 424 g/mol. The molecule has 0 aliphatic carbocycles. The highest BCUT2D eigenvalue weighted by Crippen LogP contribution is 2.14. The van der Waals surface area contributed by atoms with Crippen LogP contribution in [0.5, 0.6) is 0 Å². The van der Waals surface area contributed by atoms with Crippen molar-refractivity contribution in [2.75, 3.05) is 0 Å². The lowest BCUT2D eigenvalue weighted by atomic mass is 10.0. The molecule has 2 nitrogen and oxygen atoms in total.